The first-order valence-corrected chi connectivity index (χ1v) is 12.1. The minimum atomic E-state index is -0.519. The Kier molecular flexibility index (Phi) is 12.0. The van der Waals surface area contributed by atoms with Crippen LogP contribution >= 0.6 is 0 Å². The van der Waals surface area contributed by atoms with Crippen LogP contribution in [-0.4, -0.2) is 84.5 Å². The van der Waals surface area contributed by atoms with Crippen LogP contribution in [0.1, 0.15) is 54.4 Å². The predicted octanol–water partition coefficient (Wildman–Crippen LogP) is 3.94. The second-order valence-electron chi connectivity index (χ2n) is 10.9. The summed E-state index contributed by atoms with van der Waals surface area (Å²) in [6.45, 7) is 20.9. The SMILES string of the molecule is C=CC[C@@H]1CN(C(=O)OC(C)(C)C)C[C@@H]1OC=O.C=CC[C@H]1CN(C(=O)OC(C)(C)C)C[C@H]1OC=O. The van der Waals surface area contributed by atoms with E-state index in [1.807, 2.05) is 41.5 Å². The van der Waals surface area contributed by atoms with Crippen molar-refractivity contribution < 1.29 is 38.1 Å². The fourth-order valence-electron chi connectivity index (χ4n) is 3.97. The molecule has 2 aliphatic rings. The minimum Gasteiger partial charge on any atom is -0.462 e. The Bertz CT molecular complexity index is 671. The first-order chi connectivity index (χ1) is 16.7. The third-order valence-electron chi connectivity index (χ3n) is 5.46. The van der Waals surface area contributed by atoms with Crippen LogP contribution in [0, 0.1) is 11.8 Å². The largest absolute Gasteiger partial charge is 0.462 e. The van der Waals surface area contributed by atoms with Crippen LogP contribution in [0.4, 0.5) is 9.59 Å². The molecule has 204 valence electrons. The summed E-state index contributed by atoms with van der Waals surface area (Å²) in [5.41, 5.74) is -1.04. The van der Waals surface area contributed by atoms with Gasteiger partial charge in [-0.25, -0.2) is 9.59 Å². The molecule has 2 aliphatic heterocycles. The fraction of sp³-hybridized carbons (Fsp3) is 0.692. The lowest BCUT2D eigenvalue weighted by atomic mass is 10.0. The Morgan fingerprint density at radius 1 is 0.722 bits per heavy atom. The van der Waals surface area contributed by atoms with Crippen LogP contribution < -0.4 is 0 Å². The van der Waals surface area contributed by atoms with Crippen molar-refractivity contribution in [2.45, 2.75) is 77.8 Å². The molecule has 0 bridgehead atoms. The summed E-state index contributed by atoms with van der Waals surface area (Å²) in [6, 6.07) is 0. The standard InChI is InChI=1S/2C13H21NO4/c2*1-5-6-10-7-14(8-11(10)17-9-15)12(16)18-13(2,3)4/h2*5,9-11H,1,6-8H2,2-4H3/t2*10-,11+/m10/s1. The summed E-state index contributed by atoms with van der Waals surface area (Å²) >= 11 is 0. The molecule has 0 aliphatic carbocycles. The molecule has 0 saturated carbocycles. The average Bonchev–Trinajstić information content (AvgIpc) is 3.32. The van der Waals surface area contributed by atoms with Gasteiger partial charge in [-0.15, -0.1) is 13.2 Å². The number of likely N-dealkylation sites (tertiary alicyclic amines) is 2. The zero-order valence-electron chi connectivity index (χ0n) is 22.4. The van der Waals surface area contributed by atoms with Gasteiger partial charge in [-0.05, 0) is 54.4 Å². The molecule has 0 aromatic carbocycles. The lowest BCUT2D eigenvalue weighted by Gasteiger charge is -2.24. The summed E-state index contributed by atoms with van der Waals surface area (Å²) < 4.78 is 20.6. The van der Waals surface area contributed by atoms with Crippen molar-refractivity contribution in [2.24, 2.45) is 11.8 Å². The highest BCUT2D eigenvalue weighted by Crippen LogP contribution is 2.26. The summed E-state index contributed by atoms with van der Waals surface area (Å²) in [6.07, 6.45) is 3.67. The van der Waals surface area contributed by atoms with Gasteiger partial charge in [-0.3, -0.25) is 9.59 Å². The maximum Gasteiger partial charge on any atom is 0.410 e. The zero-order valence-corrected chi connectivity index (χ0v) is 22.4. The maximum atomic E-state index is 11.9. The van der Waals surface area contributed by atoms with Crippen LogP contribution in [0.3, 0.4) is 0 Å². The van der Waals surface area contributed by atoms with Crippen molar-refractivity contribution >= 4 is 25.1 Å². The third kappa shape index (κ3) is 10.7. The van der Waals surface area contributed by atoms with Crippen LogP contribution in [0.5, 0.6) is 0 Å². The number of carbonyl (C=O) groups is 4. The molecule has 0 radical (unpaired) electrons. The van der Waals surface area contributed by atoms with E-state index >= 15 is 0 Å². The Morgan fingerprint density at radius 3 is 1.31 bits per heavy atom. The molecule has 0 aromatic heterocycles. The van der Waals surface area contributed by atoms with E-state index in [1.54, 1.807) is 22.0 Å². The molecule has 2 fully saturated rings. The number of carbonyl (C=O) groups excluding carboxylic acids is 4. The van der Waals surface area contributed by atoms with Crippen molar-refractivity contribution in [3.8, 4) is 0 Å². The maximum absolute atomic E-state index is 11.9. The first-order valence-electron chi connectivity index (χ1n) is 12.1. The summed E-state index contributed by atoms with van der Waals surface area (Å²) in [5, 5.41) is 0. The zero-order chi connectivity index (χ0) is 27.5. The van der Waals surface area contributed by atoms with Gasteiger partial charge >= 0.3 is 12.2 Å². The first kappa shape index (κ1) is 31.0. The van der Waals surface area contributed by atoms with Gasteiger partial charge in [0.15, 0.2) is 0 Å². The molecule has 36 heavy (non-hydrogen) atoms. The molecule has 0 N–H and O–H groups in total. The minimum absolute atomic E-state index is 0.0974. The van der Waals surface area contributed by atoms with Crippen molar-refractivity contribution in [2.75, 3.05) is 26.2 Å². The van der Waals surface area contributed by atoms with Crippen molar-refractivity contribution in [1.29, 1.82) is 0 Å². The molecule has 2 heterocycles. The number of allylic oxidation sites excluding steroid dienone is 2. The van der Waals surface area contributed by atoms with Crippen LogP contribution in [-0.2, 0) is 28.5 Å². The number of rotatable bonds is 8. The van der Waals surface area contributed by atoms with Gasteiger partial charge in [-0.1, -0.05) is 12.2 Å². The van der Waals surface area contributed by atoms with Gasteiger partial charge in [0.25, 0.3) is 12.9 Å². The quantitative estimate of drug-likeness (QED) is 0.274. The summed E-state index contributed by atoms with van der Waals surface area (Å²) in [7, 11) is 0. The second kappa shape index (κ2) is 13.9. The van der Waals surface area contributed by atoms with E-state index in [1.165, 1.54) is 0 Å². The normalized spacial score (nSPS) is 23.6. The Morgan fingerprint density at radius 2 is 1.06 bits per heavy atom. The van der Waals surface area contributed by atoms with Crippen LogP contribution in [0.25, 0.3) is 0 Å². The number of amides is 2. The lowest BCUT2D eigenvalue weighted by molar-refractivity contribution is -0.135. The predicted molar refractivity (Wildman–Crippen MR) is 134 cm³/mol. The topological polar surface area (TPSA) is 112 Å². The van der Waals surface area contributed by atoms with E-state index in [4.69, 9.17) is 18.9 Å². The number of hydrogen-bond acceptors (Lipinski definition) is 8. The molecular weight excluding hydrogens is 468 g/mol. The van der Waals surface area contributed by atoms with Crippen molar-refractivity contribution in [3.05, 3.63) is 25.3 Å². The van der Waals surface area contributed by atoms with Gasteiger partial charge in [0.1, 0.15) is 23.4 Å². The molecule has 0 aromatic rings. The summed E-state index contributed by atoms with van der Waals surface area (Å²) in [4.78, 5) is 47.8. The molecule has 2 saturated heterocycles. The summed E-state index contributed by atoms with van der Waals surface area (Å²) in [5.74, 6) is 0.195. The van der Waals surface area contributed by atoms with Crippen LogP contribution in [0.15, 0.2) is 25.3 Å². The number of hydrogen-bond donors (Lipinski definition) is 0. The van der Waals surface area contributed by atoms with E-state index in [2.05, 4.69) is 13.2 Å². The Hall–Kier alpha value is -3.04. The smallest absolute Gasteiger partial charge is 0.410 e. The third-order valence-corrected chi connectivity index (χ3v) is 5.46. The van der Waals surface area contributed by atoms with Gasteiger partial charge in [0, 0.05) is 24.9 Å². The lowest BCUT2D eigenvalue weighted by Crippen LogP contribution is -2.36. The highest BCUT2D eigenvalue weighted by Gasteiger charge is 2.38. The second-order valence-corrected chi connectivity index (χ2v) is 10.9. The highest BCUT2D eigenvalue weighted by atomic mass is 16.6. The molecular formula is C26H42N2O8. The molecule has 2 amide bonds. The molecule has 2 rings (SSSR count). The molecule has 4 atom stereocenters. The number of ether oxygens (including phenoxy) is 4. The van der Waals surface area contributed by atoms with E-state index in [-0.39, 0.29) is 36.2 Å². The molecule has 0 unspecified atom stereocenters. The van der Waals surface area contributed by atoms with Gasteiger partial charge in [-0.2, -0.15) is 0 Å². The number of nitrogens with zero attached hydrogens (tertiary/aromatic N) is 2. The Labute approximate surface area is 214 Å². The van der Waals surface area contributed by atoms with Crippen molar-refractivity contribution in [3.63, 3.8) is 0 Å². The van der Waals surface area contributed by atoms with Gasteiger partial charge in [0.05, 0.1) is 13.1 Å². The van der Waals surface area contributed by atoms with Gasteiger partial charge in [0.2, 0.25) is 0 Å². The Balaban J connectivity index is 0.000000360. The molecule has 10 heteroatoms. The highest BCUT2D eigenvalue weighted by molar-refractivity contribution is 5.69. The molecule has 0 spiro atoms. The van der Waals surface area contributed by atoms with E-state index < -0.39 is 11.2 Å². The fourth-order valence-corrected chi connectivity index (χ4v) is 3.97. The van der Waals surface area contributed by atoms with Crippen LogP contribution in [0.2, 0.25) is 0 Å². The van der Waals surface area contributed by atoms with Gasteiger partial charge < -0.3 is 28.7 Å². The van der Waals surface area contributed by atoms with E-state index in [0.29, 0.717) is 52.0 Å². The van der Waals surface area contributed by atoms with Crippen molar-refractivity contribution in [1.82, 2.24) is 9.80 Å². The monoisotopic (exact) mass is 510 g/mol. The van der Waals surface area contributed by atoms with E-state index in [9.17, 15) is 19.2 Å². The average molecular weight is 511 g/mol. The van der Waals surface area contributed by atoms with E-state index in [0.717, 1.165) is 0 Å². The molecule has 10 nitrogen and oxygen atoms in total.